The molecule has 0 bridgehead atoms. The third-order valence-corrected chi connectivity index (χ3v) is 4.61. The van der Waals surface area contributed by atoms with Crippen LogP contribution < -0.4 is 20.1 Å². The summed E-state index contributed by atoms with van der Waals surface area (Å²) in [5, 5.41) is 6.58. The SMILES string of the molecule is FC(F)COc1ccc(Nc2ncnc3ccc(O[C@H]4CCNC4)nc23)cc1Cl. The highest BCUT2D eigenvalue weighted by Crippen LogP contribution is 2.30. The van der Waals surface area contributed by atoms with Gasteiger partial charge in [-0.1, -0.05) is 11.6 Å². The molecule has 3 heterocycles. The lowest BCUT2D eigenvalue weighted by atomic mass is 10.3. The van der Waals surface area contributed by atoms with Crippen molar-refractivity contribution >= 4 is 34.1 Å². The molecule has 1 saturated heterocycles. The molecule has 0 aliphatic carbocycles. The van der Waals surface area contributed by atoms with Crippen molar-refractivity contribution in [3.8, 4) is 11.6 Å². The molecule has 2 aromatic heterocycles. The summed E-state index contributed by atoms with van der Waals surface area (Å²) in [5.74, 6) is 1.16. The Hall–Kier alpha value is -2.78. The van der Waals surface area contributed by atoms with Crippen molar-refractivity contribution in [3.63, 3.8) is 0 Å². The van der Waals surface area contributed by atoms with Crippen molar-refractivity contribution in [3.05, 3.63) is 41.7 Å². The van der Waals surface area contributed by atoms with Crippen LogP contribution >= 0.6 is 11.6 Å². The molecule has 1 fully saturated rings. The van der Waals surface area contributed by atoms with Crippen molar-refractivity contribution in [2.24, 2.45) is 0 Å². The molecule has 2 N–H and O–H groups in total. The van der Waals surface area contributed by atoms with Gasteiger partial charge in [-0.15, -0.1) is 0 Å². The highest BCUT2D eigenvalue weighted by atomic mass is 35.5. The summed E-state index contributed by atoms with van der Waals surface area (Å²) >= 11 is 6.13. The minimum Gasteiger partial charge on any atom is -0.486 e. The molecule has 0 unspecified atom stereocenters. The van der Waals surface area contributed by atoms with E-state index in [1.807, 2.05) is 6.07 Å². The fourth-order valence-electron chi connectivity index (χ4n) is 2.96. The molecule has 1 aliphatic rings. The summed E-state index contributed by atoms with van der Waals surface area (Å²) in [4.78, 5) is 13.0. The summed E-state index contributed by atoms with van der Waals surface area (Å²) in [6, 6.07) is 8.35. The van der Waals surface area contributed by atoms with Crippen LogP contribution in [0.15, 0.2) is 36.7 Å². The number of hydrogen-bond acceptors (Lipinski definition) is 7. The zero-order valence-electron chi connectivity index (χ0n) is 15.2. The number of pyridine rings is 1. The predicted molar refractivity (Wildman–Crippen MR) is 105 cm³/mol. The zero-order valence-corrected chi connectivity index (χ0v) is 16.0. The molecule has 1 aliphatic heterocycles. The Balaban J connectivity index is 1.56. The Morgan fingerprint density at radius 2 is 2.14 bits per heavy atom. The predicted octanol–water partition coefficient (Wildman–Crippen LogP) is 3.81. The van der Waals surface area contributed by atoms with Crippen LogP contribution in [0, 0.1) is 0 Å². The minimum atomic E-state index is -2.57. The van der Waals surface area contributed by atoms with Gasteiger partial charge >= 0.3 is 0 Å². The molecule has 0 radical (unpaired) electrons. The van der Waals surface area contributed by atoms with Gasteiger partial charge in [-0.3, -0.25) is 0 Å². The van der Waals surface area contributed by atoms with E-state index in [-0.39, 0.29) is 16.9 Å². The first kappa shape index (κ1) is 19.5. The molecule has 4 rings (SSSR count). The molecule has 0 spiro atoms. The third kappa shape index (κ3) is 4.80. The number of benzene rings is 1. The Bertz CT molecular complexity index is 1000. The van der Waals surface area contributed by atoms with E-state index in [1.54, 1.807) is 18.2 Å². The number of hydrogen-bond donors (Lipinski definition) is 2. The molecule has 29 heavy (non-hydrogen) atoms. The Kier molecular flexibility index (Phi) is 5.86. The van der Waals surface area contributed by atoms with E-state index in [9.17, 15) is 8.78 Å². The molecule has 0 amide bonds. The van der Waals surface area contributed by atoms with Gasteiger partial charge in [0.25, 0.3) is 6.43 Å². The standard InChI is InChI=1S/C19H18ClF2N5O2/c20-13-7-11(1-3-15(13)28-9-16(21)22)26-19-18-14(24-10-25-19)2-4-17(27-18)29-12-5-6-23-8-12/h1-4,7,10,12,16,23H,5-6,8-9H2,(H,24,25,26)/t12-/m0/s1. The van der Waals surface area contributed by atoms with Gasteiger partial charge < -0.3 is 20.1 Å². The third-order valence-electron chi connectivity index (χ3n) is 4.32. The quantitative estimate of drug-likeness (QED) is 0.600. The first-order valence-corrected chi connectivity index (χ1v) is 9.43. The van der Waals surface area contributed by atoms with Gasteiger partial charge in [0.2, 0.25) is 5.88 Å². The van der Waals surface area contributed by atoms with E-state index >= 15 is 0 Å². The van der Waals surface area contributed by atoms with Crippen LogP contribution in [0.5, 0.6) is 11.6 Å². The molecule has 1 atom stereocenters. The van der Waals surface area contributed by atoms with Gasteiger partial charge in [-0.2, -0.15) is 0 Å². The minimum absolute atomic E-state index is 0.0839. The number of anilines is 2. The number of aromatic nitrogens is 3. The molecule has 1 aromatic carbocycles. The maximum Gasteiger partial charge on any atom is 0.272 e. The molecule has 152 valence electrons. The van der Waals surface area contributed by atoms with E-state index in [1.165, 1.54) is 12.4 Å². The summed E-state index contributed by atoms with van der Waals surface area (Å²) < 4.78 is 35.5. The molecule has 10 heteroatoms. The number of nitrogens with zero attached hydrogens (tertiary/aromatic N) is 3. The van der Waals surface area contributed by atoms with Gasteiger partial charge in [-0.25, -0.2) is 23.7 Å². The highest BCUT2D eigenvalue weighted by molar-refractivity contribution is 6.32. The van der Waals surface area contributed by atoms with E-state index in [2.05, 4.69) is 25.6 Å². The van der Waals surface area contributed by atoms with Crippen LogP contribution in [0.4, 0.5) is 20.3 Å². The van der Waals surface area contributed by atoms with Crippen LogP contribution in [0.3, 0.4) is 0 Å². The lowest BCUT2D eigenvalue weighted by Gasteiger charge is -2.13. The fraction of sp³-hybridized carbons (Fsp3) is 0.316. The first-order valence-electron chi connectivity index (χ1n) is 9.05. The lowest BCUT2D eigenvalue weighted by molar-refractivity contribution is 0.0819. The van der Waals surface area contributed by atoms with Crippen LogP contribution in [-0.2, 0) is 0 Å². The zero-order chi connectivity index (χ0) is 20.2. The summed E-state index contributed by atoms with van der Waals surface area (Å²) in [7, 11) is 0. The molecule has 7 nitrogen and oxygen atoms in total. The van der Waals surface area contributed by atoms with Crippen LogP contribution in [-0.4, -0.2) is 47.2 Å². The van der Waals surface area contributed by atoms with Crippen molar-refractivity contribution in [2.75, 3.05) is 25.0 Å². The number of alkyl halides is 2. The number of nitrogens with one attached hydrogen (secondary N) is 2. The smallest absolute Gasteiger partial charge is 0.272 e. The molecule has 3 aromatic rings. The molecular weight excluding hydrogens is 404 g/mol. The normalized spacial score (nSPS) is 16.3. The number of halogens is 3. The van der Waals surface area contributed by atoms with Crippen LogP contribution in [0.2, 0.25) is 5.02 Å². The summed E-state index contributed by atoms with van der Waals surface area (Å²) in [6.45, 7) is 0.993. The Morgan fingerprint density at radius 1 is 1.24 bits per heavy atom. The van der Waals surface area contributed by atoms with Gasteiger partial charge in [-0.05, 0) is 37.2 Å². The number of fused-ring (bicyclic) bond motifs is 1. The monoisotopic (exact) mass is 421 g/mol. The van der Waals surface area contributed by atoms with E-state index < -0.39 is 13.0 Å². The van der Waals surface area contributed by atoms with E-state index in [0.717, 1.165) is 19.5 Å². The largest absolute Gasteiger partial charge is 0.486 e. The number of rotatable bonds is 7. The Labute approximate surface area is 170 Å². The van der Waals surface area contributed by atoms with Crippen LogP contribution in [0.25, 0.3) is 11.0 Å². The van der Waals surface area contributed by atoms with Crippen molar-refractivity contribution in [1.29, 1.82) is 0 Å². The first-order chi connectivity index (χ1) is 14.1. The number of ether oxygens (including phenoxy) is 2. The second-order valence-electron chi connectivity index (χ2n) is 6.44. The molecular formula is C19H18ClF2N5O2. The second kappa shape index (κ2) is 8.71. The van der Waals surface area contributed by atoms with E-state index in [0.29, 0.717) is 28.4 Å². The van der Waals surface area contributed by atoms with E-state index in [4.69, 9.17) is 21.1 Å². The van der Waals surface area contributed by atoms with Gasteiger partial charge in [0.1, 0.15) is 30.3 Å². The topological polar surface area (TPSA) is 81.2 Å². The highest BCUT2D eigenvalue weighted by Gasteiger charge is 2.17. The van der Waals surface area contributed by atoms with Crippen molar-refractivity contribution < 1.29 is 18.3 Å². The second-order valence-corrected chi connectivity index (χ2v) is 6.85. The summed E-state index contributed by atoms with van der Waals surface area (Å²) in [5.41, 5.74) is 1.81. The summed E-state index contributed by atoms with van der Waals surface area (Å²) in [6.07, 6.45) is -0.135. The fourth-order valence-corrected chi connectivity index (χ4v) is 3.20. The van der Waals surface area contributed by atoms with Crippen molar-refractivity contribution in [1.82, 2.24) is 20.3 Å². The molecule has 0 saturated carbocycles. The maximum atomic E-state index is 12.3. The average molecular weight is 422 g/mol. The average Bonchev–Trinajstić information content (AvgIpc) is 3.21. The van der Waals surface area contributed by atoms with Crippen molar-refractivity contribution in [2.45, 2.75) is 19.0 Å². The lowest BCUT2D eigenvalue weighted by Crippen LogP contribution is -2.20. The van der Waals surface area contributed by atoms with Crippen LogP contribution in [0.1, 0.15) is 6.42 Å². The Morgan fingerprint density at radius 3 is 2.90 bits per heavy atom. The van der Waals surface area contributed by atoms with Gasteiger partial charge in [0, 0.05) is 18.3 Å². The maximum absolute atomic E-state index is 12.3. The van der Waals surface area contributed by atoms with Gasteiger partial charge in [0.05, 0.1) is 10.5 Å². The van der Waals surface area contributed by atoms with Gasteiger partial charge in [0.15, 0.2) is 5.82 Å².